The number of nitrogens with one attached hydrogen (secondary N) is 1. The van der Waals surface area contributed by atoms with Crippen molar-refractivity contribution in [2.75, 3.05) is 11.5 Å². The van der Waals surface area contributed by atoms with Crippen molar-refractivity contribution in [3.8, 4) is 17.2 Å². The Balaban J connectivity index is 1.37. The first kappa shape index (κ1) is 30.8. The maximum Gasteiger partial charge on any atom is 0.335 e. The third-order valence-corrected chi connectivity index (χ3v) is 6.87. The van der Waals surface area contributed by atoms with Crippen LogP contribution in [0.3, 0.4) is 0 Å². The minimum absolute atomic E-state index is 0.0466. The molecule has 5 rings (SSSR count). The van der Waals surface area contributed by atoms with E-state index >= 15 is 0 Å². The average Bonchev–Trinajstić information content (AvgIpc) is 3.03. The van der Waals surface area contributed by atoms with Gasteiger partial charge in [-0.25, -0.2) is 9.69 Å². The number of hydrogen-bond acceptors (Lipinski definition) is 8. The number of benzene rings is 4. The number of imide groups is 2. The predicted octanol–water partition coefficient (Wildman–Crippen LogP) is 6.47. The van der Waals surface area contributed by atoms with Crippen molar-refractivity contribution in [3.63, 3.8) is 0 Å². The Morgan fingerprint density at radius 3 is 2.22 bits per heavy atom. The van der Waals surface area contributed by atoms with Gasteiger partial charge in [0, 0.05) is 22.7 Å². The van der Waals surface area contributed by atoms with Crippen LogP contribution in [0, 0.1) is 10.1 Å². The molecule has 0 aliphatic carbocycles. The first-order chi connectivity index (χ1) is 21.7. The van der Waals surface area contributed by atoms with Gasteiger partial charge in [0.1, 0.15) is 24.5 Å². The Labute approximate surface area is 262 Å². The van der Waals surface area contributed by atoms with Gasteiger partial charge in [-0.3, -0.25) is 25.0 Å². The number of hydrogen-bond donors (Lipinski definition) is 1. The van der Waals surface area contributed by atoms with Gasteiger partial charge in [0.2, 0.25) is 0 Å². The number of carbonyl (C=O) groups excluding carboxylic acids is 3. The predicted molar refractivity (Wildman–Crippen MR) is 166 cm³/mol. The Morgan fingerprint density at radius 2 is 1.51 bits per heavy atom. The van der Waals surface area contributed by atoms with E-state index < -0.39 is 22.8 Å². The fourth-order valence-corrected chi connectivity index (χ4v) is 4.64. The molecule has 45 heavy (non-hydrogen) atoms. The minimum atomic E-state index is -0.986. The number of urea groups is 1. The van der Waals surface area contributed by atoms with E-state index in [1.807, 2.05) is 49.4 Å². The van der Waals surface area contributed by atoms with E-state index in [4.69, 9.17) is 25.8 Å². The number of amides is 4. The van der Waals surface area contributed by atoms with Gasteiger partial charge in [-0.05, 0) is 66.6 Å². The molecular weight excluding hydrogens is 602 g/mol. The molecule has 0 unspecified atom stereocenters. The smallest absolute Gasteiger partial charge is 0.335 e. The molecule has 1 fully saturated rings. The molecule has 11 nitrogen and oxygen atoms in total. The van der Waals surface area contributed by atoms with Gasteiger partial charge in [-0.15, -0.1) is 0 Å². The van der Waals surface area contributed by atoms with Crippen LogP contribution in [0.2, 0.25) is 5.02 Å². The number of nitro benzene ring substituents is 1. The summed E-state index contributed by atoms with van der Waals surface area (Å²) in [6, 6.07) is 23.7. The van der Waals surface area contributed by atoms with Crippen LogP contribution in [0.5, 0.6) is 17.2 Å². The highest BCUT2D eigenvalue weighted by molar-refractivity contribution is 6.39. The SMILES string of the molecule is CCOc1cc(COc2ccc(Cl)cc2/C=C2/C(=O)NC(=O)N(c3ccc([N+](=O)[O-])cc3)C2=O)ccc1OCc1ccccc1. The van der Waals surface area contributed by atoms with Crippen LogP contribution in [0.1, 0.15) is 23.6 Å². The third-order valence-electron chi connectivity index (χ3n) is 6.63. The molecule has 12 heteroatoms. The number of carbonyl (C=O) groups is 3. The Kier molecular flexibility index (Phi) is 9.40. The van der Waals surface area contributed by atoms with Gasteiger partial charge in [0.15, 0.2) is 11.5 Å². The van der Waals surface area contributed by atoms with Crippen molar-refractivity contribution in [2.24, 2.45) is 0 Å². The maximum atomic E-state index is 13.4. The molecule has 1 aliphatic rings. The molecule has 4 aromatic rings. The second-order valence-corrected chi connectivity index (χ2v) is 10.1. The van der Waals surface area contributed by atoms with Crippen LogP contribution >= 0.6 is 11.6 Å². The zero-order valence-electron chi connectivity index (χ0n) is 23.9. The lowest BCUT2D eigenvalue weighted by atomic mass is 10.1. The molecule has 1 heterocycles. The van der Waals surface area contributed by atoms with Crippen molar-refractivity contribution in [1.29, 1.82) is 0 Å². The Morgan fingerprint density at radius 1 is 0.822 bits per heavy atom. The van der Waals surface area contributed by atoms with Crippen LogP contribution in [-0.2, 0) is 22.8 Å². The Hall–Kier alpha value is -5.68. The summed E-state index contributed by atoms with van der Waals surface area (Å²) in [6.07, 6.45) is 1.27. The molecule has 4 amide bonds. The molecule has 1 saturated heterocycles. The number of halogens is 1. The highest BCUT2D eigenvalue weighted by Crippen LogP contribution is 2.32. The number of rotatable bonds is 11. The lowest BCUT2D eigenvalue weighted by Crippen LogP contribution is -2.54. The number of nitro groups is 1. The van der Waals surface area contributed by atoms with E-state index in [-0.39, 0.29) is 23.6 Å². The summed E-state index contributed by atoms with van der Waals surface area (Å²) in [5.41, 5.74) is 1.55. The Bertz CT molecular complexity index is 1790. The van der Waals surface area contributed by atoms with E-state index in [1.54, 1.807) is 18.2 Å². The summed E-state index contributed by atoms with van der Waals surface area (Å²) >= 11 is 6.24. The molecule has 228 valence electrons. The van der Waals surface area contributed by atoms with Crippen molar-refractivity contribution in [3.05, 3.63) is 128 Å². The average molecular weight is 628 g/mol. The highest BCUT2D eigenvalue weighted by atomic mass is 35.5. The van der Waals surface area contributed by atoms with Crippen LogP contribution in [0.25, 0.3) is 6.08 Å². The standard InChI is InChI=1S/C33H26ClN3O8/c1-2-43-30-16-22(8-14-29(30)45-19-21-6-4-3-5-7-21)20-44-28-15-9-24(34)17-23(28)18-27-31(38)35-33(40)36(32(27)39)25-10-12-26(13-11-25)37(41)42/h3-18H,2,19-20H2,1H3,(H,35,38,40)/b27-18-. The van der Waals surface area contributed by atoms with E-state index in [1.165, 1.54) is 24.3 Å². The van der Waals surface area contributed by atoms with Crippen molar-refractivity contribution in [1.82, 2.24) is 5.32 Å². The van der Waals surface area contributed by atoms with Gasteiger partial charge >= 0.3 is 6.03 Å². The van der Waals surface area contributed by atoms with Crippen molar-refractivity contribution >= 4 is 46.9 Å². The lowest BCUT2D eigenvalue weighted by Gasteiger charge is -2.26. The van der Waals surface area contributed by atoms with E-state index in [2.05, 4.69) is 5.32 Å². The monoisotopic (exact) mass is 627 g/mol. The quantitative estimate of drug-likeness (QED) is 0.0864. The van der Waals surface area contributed by atoms with Crippen LogP contribution in [0.4, 0.5) is 16.2 Å². The summed E-state index contributed by atoms with van der Waals surface area (Å²) in [5.74, 6) is -0.394. The second kappa shape index (κ2) is 13.7. The molecule has 0 atom stereocenters. The van der Waals surface area contributed by atoms with E-state index in [0.717, 1.165) is 28.2 Å². The summed E-state index contributed by atoms with van der Waals surface area (Å²) in [4.78, 5) is 49.8. The molecule has 1 aliphatic heterocycles. The zero-order valence-corrected chi connectivity index (χ0v) is 24.7. The topological polar surface area (TPSA) is 137 Å². The number of non-ortho nitro benzene ring substituents is 1. The molecule has 0 saturated carbocycles. The van der Waals surface area contributed by atoms with Crippen LogP contribution in [0.15, 0.2) is 96.6 Å². The summed E-state index contributed by atoms with van der Waals surface area (Å²) in [7, 11) is 0. The van der Waals surface area contributed by atoms with Gasteiger partial charge in [0.05, 0.1) is 17.2 Å². The number of barbiturate groups is 1. The van der Waals surface area contributed by atoms with Gasteiger partial charge in [-0.1, -0.05) is 48.0 Å². The fraction of sp³-hybridized carbons (Fsp3) is 0.121. The first-order valence-electron chi connectivity index (χ1n) is 13.7. The largest absolute Gasteiger partial charge is 0.490 e. The fourth-order valence-electron chi connectivity index (χ4n) is 4.46. The van der Waals surface area contributed by atoms with Gasteiger partial charge in [-0.2, -0.15) is 0 Å². The molecule has 1 N–H and O–H groups in total. The molecule has 0 aromatic heterocycles. The highest BCUT2D eigenvalue weighted by Gasteiger charge is 2.37. The maximum absolute atomic E-state index is 13.4. The molecule has 0 spiro atoms. The van der Waals surface area contributed by atoms with Crippen molar-refractivity contribution < 1.29 is 33.5 Å². The van der Waals surface area contributed by atoms with E-state index in [0.29, 0.717) is 41.0 Å². The lowest BCUT2D eigenvalue weighted by molar-refractivity contribution is -0.384. The van der Waals surface area contributed by atoms with E-state index in [9.17, 15) is 24.5 Å². The van der Waals surface area contributed by atoms with Crippen molar-refractivity contribution in [2.45, 2.75) is 20.1 Å². The molecule has 4 aromatic carbocycles. The van der Waals surface area contributed by atoms with Crippen LogP contribution in [-0.4, -0.2) is 29.4 Å². The summed E-state index contributed by atoms with van der Waals surface area (Å²) < 4.78 is 17.9. The number of ether oxygens (including phenoxy) is 3. The molecular formula is C33H26ClN3O8. The third kappa shape index (κ3) is 7.28. The number of anilines is 1. The normalized spacial score (nSPS) is 13.9. The second-order valence-electron chi connectivity index (χ2n) is 9.69. The minimum Gasteiger partial charge on any atom is -0.490 e. The zero-order chi connectivity index (χ0) is 31.9. The molecule has 0 bridgehead atoms. The van der Waals surface area contributed by atoms with Gasteiger partial charge < -0.3 is 14.2 Å². The summed E-state index contributed by atoms with van der Waals surface area (Å²) in [6.45, 7) is 2.77. The van der Waals surface area contributed by atoms with Gasteiger partial charge in [0.25, 0.3) is 17.5 Å². The first-order valence-corrected chi connectivity index (χ1v) is 14.1. The molecule has 0 radical (unpaired) electrons. The van der Waals surface area contributed by atoms with Crippen LogP contribution < -0.4 is 24.4 Å². The number of nitrogens with zero attached hydrogens (tertiary/aromatic N) is 2. The summed E-state index contributed by atoms with van der Waals surface area (Å²) in [5, 5.41) is 13.5.